The van der Waals surface area contributed by atoms with Gasteiger partial charge in [-0.1, -0.05) is 0 Å². The van der Waals surface area contributed by atoms with E-state index < -0.39 is 0 Å². The number of tetrazole rings is 1. The minimum Gasteiger partial charge on any atom is -0.340 e. The zero-order valence-electron chi connectivity index (χ0n) is 14.1. The molecule has 1 unspecified atom stereocenters. The highest BCUT2D eigenvalue weighted by Gasteiger charge is 2.27. The third kappa shape index (κ3) is 3.51. The van der Waals surface area contributed by atoms with Gasteiger partial charge in [-0.3, -0.25) is 4.79 Å². The molecular weight excluding hydrogens is 332 g/mol. The molecule has 9 nitrogen and oxygen atoms in total. The molecule has 0 radical (unpaired) electrons. The molecule has 4 rings (SSSR count). The Balaban J connectivity index is 1.40. The average molecular weight is 350 g/mol. The average Bonchev–Trinajstić information content (AvgIpc) is 3.24. The van der Waals surface area contributed by atoms with Crippen LogP contribution in [0.3, 0.4) is 0 Å². The van der Waals surface area contributed by atoms with Gasteiger partial charge in [-0.25, -0.2) is 14.6 Å². The standard InChI is InChI=1S/C17H18N8O/c26-16(13-3-1-10-24(11-13)17-18-8-2-9-19-17)21-14-4-6-15(7-5-14)25-12-20-22-23-25/h2,4-9,12-13H,1,3,10-11H2,(H,21,26). The Bertz CT molecular complexity index is 850. The summed E-state index contributed by atoms with van der Waals surface area (Å²) in [5.41, 5.74) is 1.58. The van der Waals surface area contributed by atoms with Crippen molar-refractivity contribution in [1.82, 2.24) is 30.2 Å². The topological polar surface area (TPSA) is 102 Å². The second kappa shape index (κ2) is 7.26. The Morgan fingerprint density at radius 3 is 2.69 bits per heavy atom. The number of anilines is 2. The van der Waals surface area contributed by atoms with E-state index in [9.17, 15) is 4.79 Å². The van der Waals surface area contributed by atoms with Gasteiger partial charge in [0.2, 0.25) is 11.9 Å². The lowest BCUT2D eigenvalue weighted by atomic mass is 9.97. The summed E-state index contributed by atoms with van der Waals surface area (Å²) in [4.78, 5) is 23.3. The number of carbonyl (C=O) groups is 1. The van der Waals surface area contributed by atoms with Crippen molar-refractivity contribution in [3.05, 3.63) is 49.1 Å². The number of hydrogen-bond donors (Lipinski definition) is 1. The second-order valence-corrected chi connectivity index (χ2v) is 6.12. The molecule has 0 aliphatic carbocycles. The number of benzene rings is 1. The summed E-state index contributed by atoms with van der Waals surface area (Å²) in [6.45, 7) is 1.49. The van der Waals surface area contributed by atoms with Gasteiger partial charge < -0.3 is 10.2 Å². The van der Waals surface area contributed by atoms with Crippen molar-refractivity contribution in [2.45, 2.75) is 12.8 Å². The predicted octanol–water partition coefficient (Wildman–Crippen LogP) is 1.31. The predicted molar refractivity (Wildman–Crippen MR) is 94.8 cm³/mol. The van der Waals surface area contributed by atoms with Crippen LogP contribution in [-0.2, 0) is 4.79 Å². The lowest BCUT2D eigenvalue weighted by molar-refractivity contribution is -0.120. The van der Waals surface area contributed by atoms with Gasteiger partial charge in [0.25, 0.3) is 0 Å². The Hall–Kier alpha value is -3.36. The number of nitrogens with zero attached hydrogens (tertiary/aromatic N) is 7. The minimum absolute atomic E-state index is 0.0146. The first-order valence-corrected chi connectivity index (χ1v) is 8.46. The molecular formula is C17H18N8O. The number of amides is 1. The van der Waals surface area contributed by atoms with E-state index in [0.717, 1.165) is 30.8 Å². The number of piperidine rings is 1. The van der Waals surface area contributed by atoms with Gasteiger partial charge in [-0.15, -0.1) is 5.10 Å². The van der Waals surface area contributed by atoms with Crippen LogP contribution in [0.5, 0.6) is 0 Å². The lowest BCUT2D eigenvalue weighted by Crippen LogP contribution is -2.41. The second-order valence-electron chi connectivity index (χ2n) is 6.12. The van der Waals surface area contributed by atoms with Crippen molar-refractivity contribution in [2.75, 3.05) is 23.3 Å². The summed E-state index contributed by atoms with van der Waals surface area (Å²) < 4.78 is 1.56. The van der Waals surface area contributed by atoms with E-state index in [1.165, 1.54) is 6.33 Å². The highest BCUT2D eigenvalue weighted by Crippen LogP contribution is 2.22. The fourth-order valence-corrected chi connectivity index (χ4v) is 3.05. The molecule has 1 saturated heterocycles. The SMILES string of the molecule is O=C(Nc1ccc(-n2cnnn2)cc1)C1CCCN(c2ncccn2)C1. The molecule has 0 bridgehead atoms. The Morgan fingerprint density at radius 1 is 1.15 bits per heavy atom. The van der Waals surface area contributed by atoms with Crippen LogP contribution in [0.25, 0.3) is 5.69 Å². The van der Waals surface area contributed by atoms with Crippen molar-refractivity contribution in [3.63, 3.8) is 0 Å². The number of hydrogen-bond acceptors (Lipinski definition) is 7. The van der Waals surface area contributed by atoms with Crippen LogP contribution in [0.2, 0.25) is 0 Å². The van der Waals surface area contributed by atoms with Crippen molar-refractivity contribution >= 4 is 17.5 Å². The third-order valence-electron chi connectivity index (χ3n) is 4.38. The molecule has 1 aliphatic heterocycles. The normalized spacial score (nSPS) is 17.1. The Morgan fingerprint density at radius 2 is 1.96 bits per heavy atom. The Kier molecular flexibility index (Phi) is 4.50. The highest BCUT2D eigenvalue weighted by atomic mass is 16.1. The summed E-state index contributed by atoms with van der Waals surface area (Å²) in [7, 11) is 0. The first-order valence-electron chi connectivity index (χ1n) is 8.46. The first kappa shape index (κ1) is 16.1. The van der Waals surface area contributed by atoms with Crippen molar-refractivity contribution < 1.29 is 4.79 Å². The van der Waals surface area contributed by atoms with Gasteiger partial charge in [-0.05, 0) is 53.6 Å². The molecule has 2 aromatic heterocycles. The van der Waals surface area contributed by atoms with E-state index in [1.54, 1.807) is 23.1 Å². The molecule has 0 saturated carbocycles. The van der Waals surface area contributed by atoms with Crippen molar-refractivity contribution in [1.29, 1.82) is 0 Å². The van der Waals surface area contributed by atoms with Crippen LogP contribution in [0, 0.1) is 5.92 Å². The fraction of sp³-hybridized carbons (Fsp3) is 0.294. The maximum atomic E-state index is 12.6. The number of nitrogens with one attached hydrogen (secondary N) is 1. The van der Waals surface area contributed by atoms with Gasteiger partial charge in [0, 0.05) is 31.2 Å². The number of carbonyl (C=O) groups excluding carboxylic acids is 1. The van der Waals surface area contributed by atoms with E-state index in [1.807, 2.05) is 24.3 Å². The summed E-state index contributed by atoms with van der Waals surface area (Å²) >= 11 is 0. The lowest BCUT2D eigenvalue weighted by Gasteiger charge is -2.31. The van der Waals surface area contributed by atoms with E-state index >= 15 is 0 Å². The first-order chi connectivity index (χ1) is 12.8. The summed E-state index contributed by atoms with van der Waals surface area (Å²) in [5, 5.41) is 14.0. The maximum Gasteiger partial charge on any atom is 0.229 e. The smallest absolute Gasteiger partial charge is 0.229 e. The molecule has 1 atom stereocenters. The molecule has 3 heterocycles. The zero-order chi connectivity index (χ0) is 17.8. The third-order valence-corrected chi connectivity index (χ3v) is 4.38. The van der Waals surface area contributed by atoms with Crippen molar-refractivity contribution in [3.8, 4) is 5.69 Å². The molecule has 26 heavy (non-hydrogen) atoms. The Labute approximate surface area is 150 Å². The van der Waals surface area contributed by atoms with Crippen LogP contribution in [-0.4, -0.2) is 49.2 Å². The van der Waals surface area contributed by atoms with Crippen LogP contribution < -0.4 is 10.2 Å². The van der Waals surface area contributed by atoms with Gasteiger partial charge in [-0.2, -0.15) is 0 Å². The zero-order valence-corrected chi connectivity index (χ0v) is 14.1. The van der Waals surface area contributed by atoms with Crippen molar-refractivity contribution in [2.24, 2.45) is 5.92 Å². The molecule has 9 heteroatoms. The molecule has 1 N–H and O–H groups in total. The molecule has 1 aliphatic rings. The maximum absolute atomic E-state index is 12.6. The molecule has 1 fully saturated rings. The van der Waals surface area contributed by atoms with Gasteiger partial charge in [0.05, 0.1) is 11.6 Å². The monoisotopic (exact) mass is 350 g/mol. The largest absolute Gasteiger partial charge is 0.340 e. The van der Waals surface area contributed by atoms with E-state index in [4.69, 9.17) is 0 Å². The van der Waals surface area contributed by atoms with E-state index in [2.05, 4.69) is 35.7 Å². The number of aromatic nitrogens is 6. The summed E-state index contributed by atoms with van der Waals surface area (Å²) in [6, 6.07) is 9.19. The minimum atomic E-state index is -0.0910. The number of rotatable bonds is 4. The quantitative estimate of drug-likeness (QED) is 0.757. The van der Waals surface area contributed by atoms with Gasteiger partial charge in [0.1, 0.15) is 6.33 Å². The van der Waals surface area contributed by atoms with Gasteiger partial charge in [0.15, 0.2) is 0 Å². The summed E-state index contributed by atoms with van der Waals surface area (Å²) in [6.07, 6.45) is 6.76. The highest BCUT2D eigenvalue weighted by molar-refractivity contribution is 5.93. The molecule has 132 valence electrons. The molecule has 3 aromatic rings. The van der Waals surface area contributed by atoms with E-state index in [-0.39, 0.29) is 11.8 Å². The van der Waals surface area contributed by atoms with Crippen LogP contribution in [0.4, 0.5) is 11.6 Å². The summed E-state index contributed by atoms with van der Waals surface area (Å²) in [5.74, 6) is 0.600. The molecule has 1 aromatic carbocycles. The van der Waals surface area contributed by atoms with Crippen LogP contribution >= 0.6 is 0 Å². The van der Waals surface area contributed by atoms with Crippen LogP contribution in [0.15, 0.2) is 49.1 Å². The van der Waals surface area contributed by atoms with Gasteiger partial charge >= 0.3 is 0 Å². The van der Waals surface area contributed by atoms with Crippen LogP contribution in [0.1, 0.15) is 12.8 Å². The molecule has 1 amide bonds. The fourth-order valence-electron chi connectivity index (χ4n) is 3.05. The van der Waals surface area contributed by atoms with E-state index in [0.29, 0.717) is 12.5 Å². The molecule has 0 spiro atoms.